The van der Waals surface area contributed by atoms with Crippen molar-refractivity contribution < 1.29 is 4.74 Å². The molecule has 0 amide bonds. The van der Waals surface area contributed by atoms with Crippen molar-refractivity contribution in [1.82, 2.24) is 9.36 Å². The van der Waals surface area contributed by atoms with Crippen LogP contribution in [0.1, 0.15) is 24.4 Å². The number of anilines is 1. The van der Waals surface area contributed by atoms with Crippen LogP contribution in [0.15, 0.2) is 30.3 Å². The molecule has 0 saturated heterocycles. The normalized spacial score (nSPS) is 12.6. The van der Waals surface area contributed by atoms with Crippen LogP contribution in [0.25, 0.3) is 0 Å². The second-order valence-electron chi connectivity index (χ2n) is 3.24. The molecule has 5 heteroatoms. The van der Waals surface area contributed by atoms with Gasteiger partial charge in [0.25, 0.3) is 0 Å². The van der Waals surface area contributed by atoms with Gasteiger partial charge in [-0.3, -0.25) is 0 Å². The van der Waals surface area contributed by atoms with E-state index in [9.17, 15) is 0 Å². The Morgan fingerprint density at radius 2 is 2.12 bits per heavy atom. The quantitative estimate of drug-likeness (QED) is 0.883. The highest BCUT2D eigenvalue weighted by molar-refractivity contribution is 7.09. The van der Waals surface area contributed by atoms with Gasteiger partial charge in [-0.1, -0.05) is 30.3 Å². The molecule has 2 N–H and O–H groups in total. The first-order chi connectivity index (χ1) is 7.81. The first kappa shape index (κ1) is 11.0. The summed E-state index contributed by atoms with van der Waals surface area (Å²) in [6, 6.07) is 9.90. The van der Waals surface area contributed by atoms with Crippen LogP contribution in [0.5, 0.6) is 0 Å². The molecule has 0 bridgehead atoms. The molecule has 1 aromatic heterocycles. The summed E-state index contributed by atoms with van der Waals surface area (Å²) in [5.74, 6) is 0.635. The maximum Gasteiger partial charge on any atom is 0.200 e. The lowest BCUT2D eigenvalue weighted by Crippen LogP contribution is -2.08. The van der Waals surface area contributed by atoms with E-state index in [1.54, 1.807) is 0 Å². The first-order valence-corrected chi connectivity index (χ1v) is 5.84. The maximum atomic E-state index is 5.65. The molecule has 1 heterocycles. The van der Waals surface area contributed by atoms with Gasteiger partial charge in [-0.2, -0.15) is 4.37 Å². The van der Waals surface area contributed by atoms with Crippen molar-refractivity contribution in [2.75, 3.05) is 12.3 Å². The Labute approximate surface area is 98.3 Å². The second-order valence-corrected chi connectivity index (χ2v) is 4.02. The Kier molecular flexibility index (Phi) is 3.48. The Morgan fingerprint density at radius 1 is 1.38 bits per heavy atom. The molecule has 2 aromatic rings. The summed E-state index contributed by atoms with van der Waals surface area (Å²) in [6.45, 7) is 2.56. The Balaban J connectivity index is 2.31. The molecule has 0 aliphatic carbocycles. The molecule has 1 atom stereocenters. The number of hydrogen-bond donors (Lipinski definition) is 1. The fourth-order valence-electron chi connectivity index (χ4n) is 1.47. The summed E-state index contributed by atoms with van der Waals surface area (Å²) in [5.41, 5.74) is 6.62. The number of ether oxygens (including phenoxy) is 1. The fraction of sp³-hybridized carbons (Fsp3) is 0.273. The number of rotatable bonds is 4. The average Bonchev–Trinajstić information content (AvgIpc) is 2.74. The van der Waals surface area contributed by atoms with Gasteiger partial charge in [0, 0.05) is 18.1 Å². The van der Waals surface area contributed by atoms with Gasteiger partial charge in [0.2, 0.25) is 0 Å². The van der Waals surface area contributed by atoms with Gasteiger partial charge in [-0.05, 0) is 12.5 Å². The second kappa shape index (κ2) is 5.05. The van der Waals surface area contributed by atoms with Crippen LogP contribution in [-0.4, -0.2) is 16.0 Å². The van der Waals surface area contributed by atoms with E-state index in [1.807, 2.05) is 37.3 Å². The van der Waals surface area contributed by atoms with Gasteiger partial charge in [-0.25, -0.2) is 4.98 Å². The van der Waals surface area contributed by atoms with Crippen molar-refractivity contribution in [3.63, 3.8) is 0 Å². The number of hydrogen-bond acceptors (Lipinski definition) is 5. The molecule has 2 rings (SSSR count). The molecule has 0 aliphatic heterocycles. The van der Waals surface area contributed by atoms with Crippen LogP contribution in [-0.2, 0) is 4.74 Å². The molecule has 16 heavy (non-hydrogen) atoms. The van der Waals surface area contributed by atoms with E-state index < -0.39 is 0 Å². The minimum absolute atomic E-state index is 0.222. The number of nitrogen functional groups attached to an aromatic ring is 1. The summed E-state index contributed by atoms with van der Waals surface area (Å²) in [7, 11) is 0. The van der Waals surface area contributed by atoms with E-state index in [2.05, 4.69) is 9.36 Å². The zero-order chi connectivity index (χ0) is 11.4. The molecule has 0 aliphatic rings. The minimum Gasteiger partial charge on any atom is -0.374 e. The third-order valence-corrected chi connectivity index (χ3v) is 2.68. The SMILES string of the molecule is CCOC(c1ccccc1)c1nsc(N)n1. The van der Waals surface area contributed by atoms with Crippen LogP contribution >= 0.6 is 11.5 Å². The smallest absolute Gasteiger partial charge is 0.200 e. The lowest BCUT2D eigenvalue weighted by Gasteiger charge is -2.13. The molecule has 0 saturated carbocycles. The van der Waals surface area contributed by atoms with Gasteiger partial charge < -0.3 is 10.5 Å². The van der Waals surface area contributed by atoms with Crippen LogP contribution in [0, 0.1) is 0 Å². The highest BCUT2D eigenvalue weighted by Crippen LogP contribution is 2.25. The number of nitrogens with two attached hydrogens (primary N) is 1. The van der Waals surface area contributed by atoms with Crippen molar-refractivity contribution >= 4 is 16.7 Å². The van der Waals surface area contributed by atoms with Crippen LogP contribution in [0.2, 0.25) is 0 Å². The molecule has 0 fully saturated rings. The van der Waals surface area contributed by atoms with Crippen molar-refractivity contribution in [3.05, 3.63) is 41.7 Å². The van der Waals surface area contributed by atoms with Gasteiger partial charge in [0.05, 0.1) is 0 Å². The van der Waals surface area contributed by atoms with E-state index in [4.69, 9.17) is 10.5 Å². The molecule has 4 nitrogen and oxygen atoms in total. The van der Waals surface area contributed by atoms with Crippen molar-refractivity contribution in [2.24, 2.45) is 0 Å². The minimum atomic E-state index is -0.222. The van der Waals surface area contributed by atoms with E-state index in [1.165, 1.54) is 11.5 Å². The lowest BCUT2D eigenvalue weighted by atomic mass is 10.1. The molecule has 1 aromatic carbocycles. The Hall–Kier alpha value is -1.46. The van der Waals surface area contributed by atoms with Gasteiger partial charge in [0.1, 0.15) is 6.10 Å². The zero-order valence-electron chi connectivity index (χ0n) is 8.96. The summed E-state index contributed by atoms with van der Waals surface area (Å²) in [4.78, 5) is 4.17. The topological polar surface area (TPSA) is 61.0 Å². The molecule has 0 spiro atoms. The van der Waals surface area contributed by atoms with Gasteiger partial charge >= 0.3 is 0 Å². The summed E-state index contributed by atoms with van der Waals surface area (Å²) in [6.07, 6.45) is -0.222. The first-order valence-electron chi connectivity index (χ1n) is 5.07. The van der Waals surface area contributed by atoms with Crippen LogP contribution in [0.4, 0.5) is 5.13 Å². The van der Waals surface area contributed by atoms with Crippen molar-refractivity contribution in [3.8, 4) is 0 Å². The third-order valence-electron chi connectivity index (χ3n) is 2.13. The third kappa shape index (κ3) is 2.37. The van der Waals surface area contributed by atoms with E-state index in [0.29, 0.717) is 17.6 Å². The largest absolute Gasteiger partial charge is 0.374 e. The van der Waals surface area contributed by atoms with Crippen molar-refractivity contribution in [2.45, 2.75) is 13.0 Å². The molecule has 1 unspecified atom stereocenters. The van der Waals surface area contributed by atoms with E-state index in [-0.39, 0.29) is 6.10 Å². The van der Waals surface area contributed by atoms with Crippen LogP contribution in [0.3, 0.4) is 0 Å². The van der Waals surface area contributed by atoms with Gasteiger partial charge in [-0.15, -0.1) is 0 Å². The summed E-state index contributed by atoms with van der Waals surface area (Å²) in [5, 5.41) is 0.468. The summed E-state index contributed by atoms with van der Waals surface area (Å²) >= 11 is 1.19. The predicted molar refractivity (Wildman–Crippen MR) is 64.2 cm³/mol. The van der Waals surface area contributed by atoms with Gasteiger partial charge in [0.15, 0.2) is 11.0 Å². The predicted octanol–water partition coefficient (Wildman–Crippen LogP) is 2.25. The average molecular weight is 235 g/mol. The molecular formula is C11H13N3OS. The van der Waals surface area contributed by atoms with Crippen molar-refractivity contribution in [1.29, 1.82) is 0 Å². The highest BCUT2D eigenvalue weighted by Gasteiger charge is 2.18. The standard InChI is InChI=1S/C11H13N3OS/c1-2-15-9(8-6-4-3-5-7-8)10-13-11(12)16-14-10/h3-7,9H,2H2,1H3,(H2,12,13,14). The Morgan fingerprint density at radius 3 is 2.69 bits per heavy atom. The fourth-order valence-corrected chi connectivity index (χ4v) is 1.93. The van der Waals surface area contributed by atoms with E-state index in [0.717, 1.165) is 5.56 Å². The van der Waals surface area contributed by atoms with E-state index >= 15 is 0 Å². The molecule has 84 valence electrons. The summed E-state index contributed by atoms with van der Waals surface area (Å²) < 4.78 is 9.85. The maximum absolute atomic E-state index is 5.65. The monoisotopic (exact) mass is 235 g/mol. The zero-order valence-corrected chi connectivity index (χ0v) is 9.78. The molecular weight excluding hydrogens is 222 g/mol. The van der Waals surface area contributed by atoms with Crippen LogP contribution < -0.4 is 5.73 Å². The lowest BCUT2D eigenvalue weighted by molar-refractivity contribution is 0.0861. The number of nitrogens with zero attached hydrogens (tertiary/aromatic N) is 2. The Bertz CT molecular complexity index is 444. The highest BCUT2D eigenvalue weighted by atomic mass is 32.1. The molecule has 0 radical (unpaired) electrons. The number of benzene rings is 1. The number of aromatic nitrogens is 2.